The van der Waals surface area contributed by atoms with Crippen LogP contribution in [0.25, 0.3) is 10.9 Å². The van der Waals surface area contributed by atoms with Gasteiger partial charge in [-0.15, -0.1) is 0 Å². The molecule has 0 saturated heterocycles. The highest BCUT2D eigenvalue weighted by molar-refractivity contribution is 6.15. The molecule has 1 aromatic heterocycles. The van der Waals surface area contributed by atoms with E-state index in [1.54, 1.807) is 19.4 Å². The molecule has 2 N–H and O–H groups in total. The van der Waals surface area contributed by atoms with Gasteiger partial charge in [0.25, 0.3) is 5.91 Å². The molecular weight excluding hydrogens is 320 g/mol. The van der Waals surface area contributed by atoms with Gasteiger partial charge in [0, 0.05) is 18.0 Å². The molecule has 3 aromatic rings. The van der Waals surface area contributed by atoms with E-state index in [0.29, 0.717) is 28.2 Å². The molecule has 6 nitrogen and oxygen atoms in total. The van der Waals surface area contributed by atoms with Crippen molar-refractivity contribution in [1.29, 1.82) is 0 Å². The number of fused-ring (bicyclic) bond motifs is 1. The minimum Gasteiger partial charge on any atom is -0.493 e. The van der Waals surface area contributed by atoms with Crippen LogP contribution in [0.1, 0.15) is 15.9 Å². The van der Waals surface area contributed by atoms with Gasteiger partial charge in [-0.05, 0) is 19.1 Å². The van der Waals surface area contributed by atoms with Gasteiger partial charge in [-0.1, -0.05) is 17.7 Å². The van der Waals surface area contributed by atoms with Gasteiger partial charge < -0.3 is 24.5 Å². The number of nitrogens with one attached hydrogen (secondary N) is 2. The van der Waals surface area contributed by atoms with E-state index in [-0.39, 0.29) is 5.91 Å². The first-order valence-electron chi connectivity index (χ1n) is 7.77. The van der Waals surface area contributed by atoms with Gasteiger partial charge in [-0.25, -0.2) is 0 Å². The first-order chi connectivity index (χ1) is 12.1. The summed E-state index contributed by atoms with van der Waals surface area (Å²) in [5.74, 6) is 1.19. The summed E-state index contributed by atoms with van der Waals surface area (Å²) in [6, 6.07) is 9.39. The Labute approximate surface area is 145 Å². The number of ether oxygens (including phenoxy) is 3. The van der Waals surface area contributed by atoms with Crippen molar-refractivity contribution in [2.24, 2.45) is 0 Å². The molecule has 25 heavy (non-hydrogen) atoms. The number of aromatic nitrogens is 1. The highest BCUT2D eigenvalue weighted by atomic mass is 16.5. The van der Waals surface area contributed by atoms with Crippen molar-refractivity contribution >= 4 is 22.5 Å². The molecule has 0 aliphatic carbocycles. The molecule has 6 heteroatoms. The van der Waals surface area contributed by atoms with Crippen LogP contribution >= 0.6 is 0 Å². The zero-order valence-corrected chi connectivity index (χ0v) is 14.6. The van der Waals surface area contributed by atoms with Crippen molar-refractivity contribution in [3.05, 3.63) is 47.7 Å². The maximum absolute atomic E-state index is 12.7. The monoisotopic (exact) mass is 340 g/mol. The van der Waals surface area contributed by atoms with E-state index < -0.39 is 0 Å². The average molecular weight is 340 g/mol. The quantitative estimate of drug-likeness (QED) is 0.742. The van der Waals surface area contributed by atoms with Gasteiger partial charge in [-0.2, -0.15) is 0 Å². The largest absolute Gasteiger partial charge is 0.493 e. The van der Waals surface area contributed by atoms with Gasteiger partial charge in [0.2, 0.25) is 5.75 Å². The Balaban J connectivity index is 2.07. The average Bonchev–Trinajstić information content (AvgIpc) is 3.05. The summed E-state index contributed by atoms with van der Waals surface area (Å²) in [5.41, 5.74) is 3.05. The Morgan fingerprint density at radius 3 is 2.28 bits per heavy atom. The van der Waals surface area contributed by atoms with E-state index in [1.165, 1.54) is 14.2 Å². The van der Waals surface area contributed by atoms with E-state index in [0.717, 1.165) is 16.8 Å². The highest BCUT2D eigenvalue weighted by Gasteiger charge is 2.22. The number of aromatic amines is 1. The van der Waals surface area contributed by atoms with Gasteiger partial charge in [-0.3, -0.25) is 4.79 Å². The number of hydrogen-bond acceptors (Lipinski definition) is 4. The van der Waals surface area contributed by atoms with Crippen molar-refractivity contribution in [3.63, 3.8) is 0 Å². The Hall–Kier alpha value is -3.15. The van der Waals surface area contributed by atoms with E-state index >= 15 is 0 Å². The first kappa shape index (κ1) is 16.7. The van der Waals surface area contributed by atoms with E-state index in [2.05, 4.69) is 10.3 Å². The van der Waals surface area contributed by atoms with Gasteiger partial charge in [0.1, 0.15) is 0 Å². The molecule has 0 radical (unpaired) electrons. The molecule has 1 heterocycles. The summed E-state index contributed by atoms with van der Waals surface area (Å²) in [6.07, 6.45) is 1.65. The second kappa shape index (κ2) is 6.76. The van der Waals surface area contributed by atoms with Gasteiger partial charge >= 0.3 is 0 Å². The topological polar surface area (TPSA) is 72.6 Å². The normalized spacial score (nSPS) is 10.6. The molecule has 130 valence electrons. The number of methoxy groups -OCH3 is 3. The molecule has 2 aromatic carbocycles. The van der Waals surface area contributed by atoms with Crippen LogP contribution in [0.3, 0.4) is 0 Å². The molecule has 0 fully saturated rings. The summed E-state index contributed by atoms with van der Waals surface area (Å²) in [5, 5.41) is 3.54. The number of hydrogen-bond donors (Lipinski definition) is 2. The summed E-state index contributed by atoms with van der Waals surface area (Å²) >= 11 is 0. The van der Waals surface area contributed by atoms with E-state index in [1.807, 2.05) is 31.2 Å². The number of benzene rings is 2. The minimum absolute atomic E-state index is 0.236. The lowest BCUT2D eigenvalue weighted by Gasteiger charge is -2.14. The third-order valence-corrected chi connectivity index (χ3v) is 4.03. The maximum Gasteiger partial charge on any atom is 0.257 e. The molecule has 0 saturated carbocycles. The smallest absolute Gasteiger partial charge is 0.257 e. The lowest BCUT2D eigenvalue weighted by molar-refractivity contribution is 0.102. The molecular formula is C19H20N2O4. The van der Waals surface area contributed by atoms with Crippen LogP contribution in [-0.2, 0) is 0 Å². The fourth-order valence-electron chi connectivity index (χ4n) is 2.77. The van der Waals surface area contributed by atoms with Crippen molar-refractivity contribution in [3.8, 4) is 17.2 Å². The molecule has 0 aliphatic heterocycles. The van der Waals surface area contributed by atoms with Crippen molar-refractivity contribution < 1.29 is 19.0 Å². The van der Waals surface area contributed by atoms with E-state index in [9.17, 15) is 4.79 Å². The van der Waals surface area contributed by atoms with Crippen LogP contribution in [0, 0.1) is 6.92 Å². The van der Waals surface area contributed by atoms with Crippen LogP contribution in [0.2, 0.25) is 0 Å². The van der Waals surface area contributed by atoms with E-state index in [4.69, 9.17) is 14.2 Å². The first-order valence-corrected chi connectivity index (χ1v) is 7.77. The van der Waals surface area contributed by atoms with Crippen LogP contribution in [0.5, 0.6) is 17.2 Å². The van der Waals surface area contributed by atoms with Crippen LogP contribution in [-0.4, -0.2) is 32.2 Å². The Kier molecular flexibility index (Phi) is 4.52. The van der Waals surface area contributed by atoms with Crippen molar-refractivity contribution in [1.82, 2.24) is 4.98 Å². The fraction of sp³-hybridized carbons (Fsp3) is 0.211. The number of rotatable bonds is 5. The number of H-pyrrole nitrogens is 1. The molecule has 0 spiro atoms. The van der Waals surface area contributed by atoms with Crippen LogP contribution in [0.15, 0.2) is 36.5 Å². The second-order valence-corrected chi connectivity index (χ2v) is 5.59. The lowest BCUT2D eigenvalue weighted by atomic mass is 10.1. The molecule has 0 aliphatic rings. The number of amides is 1. The lowest BCUT2D eigenvalue weighted by Crippen LogP contribution is -2.11. The SMILES string of the molecule is COc1cc2[nH]cc(C(=O)Nc3ccc(C)cc3)c2c(OC)c1OC. The highest BCUT2D eigenvalue weighted by Crippen LogP contribution is 2.44. The maximum atomic E-state index is 12.7. The van der Waals surface area contributed by atoms with Crippen molar-refractivity contribution in [2.75, 3.05) is 26.6 Å². The predicted octanol–water partition coefficient (Wildman–Crippen LogP) is 3.75. The summed E-state index contributed by atoms with van der Waals surface area (Å²) < 4.78 is 16.2. The molecule has 0 bridgehead atoms. The Morgan fingerprint density at radius 2 is 1.68 bits per heavy atom. The Bertz CT molecular complexity index is 913. The zero-order valence-electron chi connectivity index (χ0n) is 14.6. The third kappa shape index (κ3) is 2.98. The van der Waals surface area contributed by atoms with Crippen molar-refractivity contribution in [2.45, 2.75) is 6.92 Å². The Morgan fingerprint density at radius 1 is 1.00 bits per heavy atom. The minimum atomic E-state index is -0.236. The molecule has 3 rings (SSSR count). The number of carbonyl (C=O) groups is 1. The van der Waals surface area contributed by atoms with Gasteiger partial charge in [0.15, 0.2) is 11.5 Å². The molecule has 1 amide bonds. The zero-order chi connectivity index (χ0) is 18.0. The summed E-state index contributed by atoms with van der Waals surface area (Å²) in [6.45, 7) is 2.00. The summed E-state index contributed by atoms with van der Waals surface area (Å²) in [7, 11) is 4.62. The van der Waals surface area contributed by atoms with Crippen LogP contribution < -0.4 is 19.5 Å². The fourth-order valence-corrected chi connectivity index (χ4v) is 2.77. The van der Waals surface area contributed by atoms with Crippen LogP contribution in [0.4, 0.5) is 5.69 Å². The second-order valence-electron chi connectivity index (χ2n) is 5.59. The molecule has 0 atom stereocenters. The molecule has 0 unspecified atom stereocenters. The number of carbonyl (C=O) groups excluding carboxylic acids is 1. The number of aryl methyl sites for hydroxylation is 1. The van der Waals surface area contributed by atoms with Gasteiger partial charge in [0.05, 0.1) is 37.8 Å². The summed E-state index contributed by atoms with van der Waals surface area (Å²) in [4.78, 5) is 15.8. The predicted molar refractivity (Wildman–Crippen MR) is 97.1 cm³/mol. The standard InChI is InChI=1S/C19H20N2O4/c1-11-5-7-12(8-6-11)21-19(22)13-10-20-14-9-15(23-2)17(24-3)18(25-4)16(13)14/h5-10,20H,1-4H3,(H,21,22). The number of anilines is 1. The third-order valence-electron chi connectivity index (χ3n) is 4.03.